The molecule has 0 aliphatic rings. The Labute approximate surface area is 90.4 Å². The number of nitrogens with zero attached hydrogens (tertiary/aromatic N) is 1. The lowest BCUT2D eigenvalue weighted by molar-refractivity contribution is 0.319. The van der Waals surface area contributed by atoms with Crippen LogP contribution < -0.4 is 0 Å². The second kappa shape index (κ2) is 7.43. The molecule has 3 heteroatoms. The first-order chi connectivity index (χ1) is 6.58. The number of hydrogen-bond donors (Lipinski definition) is 1. The van der Waals surface area contributed by atoms with E-state index in [2.05, 4.69) is 31.5 Å². The smallest absolute Gasteiger partial charge is 0.148 e. The molecule has 0 amide bonds. The fourth-order valence-corrected chi connectivity index (χ4v) is 3.24. The van der Waals surface area contributed by atoms with E-state index in [-0.39, 0.29) is 0 Å². The Morgan fingerprint density at radius 2 is 1.43 bits per heavy atom. The molecule has 0 spiro atoms. The lowest BCUT2D eigenvalue weighted by Crippen LogP contribution is -2.52. The molecule has 86 valence electrons. The first kappa shape index (κ1) is 14.1. The van der Waals surface area contributed by atoms with Crippen LogP contribution in [0.1, 0.15) is 39.5 Å². The second-order valence-corrected chi connectivity index (χ2v) is 9.24. The van der Waals surface area contributed by atoms with Gasteiger partial charge in [-0.3, -0.25) is 0 Å². The number of hydrogen-bond acceptors (Lipinski definition) is 2. The predicted octanol–water partition coefficient (Wildman–Crippen LogP) is 2.63. The molecule has 0 aromatic heterocycles. The summed E-state index contributed by atoms with van der Waals surface area (Å²) in [5.74, 6) is 0. The molecule has 0 unspecified atom stereocenters. The number of aliphatic hydroxyl groups is 1. The van der Waals surface area contributed by atoms with E-state index in [0.29, 0.717) is 6.23 Å². The molecule has 0 heterocycles. The van der Waals surface area contributed by atoms with Crippen molar-refractivity contribution in [3.8, 4) is 0 Å². The van der Waals surface area contributed by atoms with Crippen molar-refractivity contribution in [3.63, 3.8) is 0 Å². The molecule has 0 radical (unpaired) electrons. The summed E-state index contributed by atoms with van der Waals surface area (Å²) in [6, 6.07) is 0. The summed E-state index contributed by atoms with van der Waals surface area (Å²) in [5, 5.41) is 9.38. The van der Waals surface area contributed by atoms with Crippen LogP contribution in [-0.4, -0.2) is 37.2 Å². The van der Waals surface area contributed by atoms with E-state index in [0.717, 1.165) is 0 Å². The summed E-state index contributed by atoms with van der Waals surface area (Å²) in [6.07, 6.45) is 5.41. The van der Waals surface area contributed by atoms with Gasteiger partial charge in [0.25, 0.3) is 0 Å². The third-order valence-electron chi connectivity index (χ3n) is 2.81. The number of unbranched alkanes of at least 4 members (excludes halogenated alkanes) is 2. The van der Waals surface area contributed by atoms with Gasteiger partial charge in [-0.1, -0.05) is 39.8 Å². The summed E-state index contributed by atoms with van der Waals surface area (Å²) >= 11 is 0. The molecule has 14 heavy (non-hydrogen) atoms. The Kier molecular flexibility index (Phi) is 7.50. The zero-order valence-corrected chi connectivity index (χ0v) is 11.3. The highest BCUT2D eigenvalue weighted by Gasteiger charge is 2.27. The third kappa shape index (κ3) is 5.13. The van der Waals surface area contributed by atoms with Crippen molar-refractivity contribution < 1.29 is 5.11 Å². The summed E-state index contributed by atoms with van der Waals surface area (Å²) in [7, 11) is -1.49. The lowest BCUT2D eigenvalue weighted by Gasteiger charge is -2.35. The van der Waals surface area contributed by atoms with Gasteiger partial charge in [-0.05, 0) is 25.9 Å². The van der Waals surface area contributed by atoms with Crippen LogP contribution in [0, 0.1) is 0 Å². The van der Waals surface area contributed by atoms with Crippen molar-refractivity contribution in [1.29, 1.82) is 0 Å². The van der Waals surface area contributed by atoms with Crippen LogP contribution in [0.15, 0.2) is 0 Å². The number of aliphatic hydroxyl groups excluding tert-OH is 1. The van der Waals surface area contributed by atoms with Gasteiger partial charge < -0.3 is 9.67 Å². The average Bonchev–Trinajstić information content (AvgIpc) is 2.17. The van der Waals surface area contributed by atoms with E-state index in [1.54, 1.807) is 0 Å². The van der Waals surface area contributed by atoms with Crippen LogP contribution in [0.4, 0.5) is 0 Å². The molecule has 2 nitrogen and oxygen atoms in total. The van der Waals surface area contributed by atoms with Crippen molar-refractivity contribution in [2.45, 2.75) is 52.6 Å². The molecule has 0 bridgehead atoms. The second-order valence-electron chi connectivity index (χ2n) is 4.66. The highest BCUT2D eigenvalue weighted by atomic mass is 28.3. The van der Waals surface area contributed by atoms with E-state index >= 15 is 0 Å². The Morgan fingerprint density at radius 1 is 1.00 bits per heavy atom. The first-order valence-electron chi connectivity index (χ1n) is 5.94. The molecule has 0 aromatic rings. The monoisotopic (exact) mass is 217 g/mol. The van der Waals surface area contributed by atoms with Crippen LogP contribution >= 0.6 is 0 Å². The van der Waals surface area contributed by atoms with Gasteiger partial charge in [0.05, 0.1) is 6.23 Å². The Morgan fingerprint density at radius 3 is 1.71 bits per heavy atom. The summed E-state index contributed by atoms with van der Waals surface area (Å²) in [4.78, 5) is 0. The van der Waals surface area contributed by atoms with Gasteiger partial charge in [-0.2, -0.15) is 0 Å². The Hall–Kier alpha value is 0.137. The molecular formula is C11H27NOSi. The van der Waals surface area contributed by atoms with E-state index < -0.39 is 8.24 Å². The van der Waals surface area contributed by atoms with Crippen LogP contribution in [0.2, 0.25) is 13.1 Å². The van der Waals surface area contributed by atoms with Gasteiger partial charge >= 0.3 is 0 Å². The van der Waals surface area contributed by atoms with Gasteiger partial charge in [0.15, 0.2) is 0 Å². The van der Waals surface area contributed by atoms with Gasteiger partial charge in [-0.25, -0.2) is 0 Å². The summed E-state index contributed by atoms with van der Waals surface area (Å²) in [5.41, 5.74) is 0. The quantitative estimate of drug-likeness (QED) is 0.632. The van der Waals surface area contributed by atoms with Crippen LogP contribution in [0.25, 0.3) is 0 Å². The van der Waals surface area contributed by atoms with Crippen LogP contribution in [0.3, 0.4) is 0 Å². The molecule has 0 rings (SSSR count). The zero-order chi connectivity index (χ0) is 11.0. The molecule has 0 saturated heterocycles. The third-order valence-corrected chi connectivity index (χ3v) is 5.74. The highest BCUT2D eigenvalue weighted by molar-refractivity contribution is 6.74. The molecule has 0 aliphatic carbocycles. The predicted molar refractivity (Wildman–Crippen MR) is 66.0 cm³/mol. The minimum Gasteiger partial charge on any atom is -0.398 e. The van der Waals surface area contributed by atoms with Gasteiger partial charge in [0.2, 0.25) is 0 Å². The standard InChI is InChI=1S/C11H27NOSi/c1-5-7-9-12(10-8-6-2)14(3,4)11-13/h13H,5-11H2,1-4H3. The van der Waals surface area contributed by atoms with Crippen molar-refractivity contribution in [2.75, 3.05) is 19.3 Å². The normalized spacial score (nSPS) is 12.4. The van der Waals surface area contributed by atoms with Crippen LogP contribution in [0.5, 0.6) is 0 Å². The van der Waals surface area contributed by atoms with E-state index in [1.165, 1.54) is 38.8 Å². The summed E-state index contributed by atoms with van der Waals surface area (Å²) in [6.45, 7) is 11.3. The average molecular weight is 217 g/mol. The van der Waals surface area contributed by atoms with Gasteiger partial charge in [-0.15, -0.1) is 0 Å². The lowest BCUT2D eigenvalue weighted by atomic mass is 10.3. The molecule has 0 aliphatic heterocycles. The summed E-state index contributed by atoms with van der Waals surface area (Å²) < 4.78 is 2.56. The Bertz CT molecular complexity index is 131. The van der Waals surface area contributed by atoms with Gasteiger partial charge in [0.1, 0.15) is 8.24 Å². The largest absolute Gasteiger partial charge is 0.398 e. The molecule has 1 N–H and O–H groups in total. The Balaban J connectivity index is 4.08. The molecule has 0 saturated carbocycles. The molecular weight excluding hydrogens is 190 g/mol. The number of rotatable bonds is 8. The van der Waals surface area contributed by atoms with E-state index in [1.807, 2.05) is 0 Å². The SMILES string of the molecule is CCCCN(CCCC)[Si](C)(C)CO. The van der Waals surface area contributed by atoms with Crippen molar-refractivity contribution >= 4 is 8.24 Å². The molecule has 0 atom stereocenters. The zero-order valence-electron chi connectivity index (χ0n) is 10.3. The van der Waals surface area contributed by atoms with Crippen molar-refractivity contribution in [2.24, 2.45) is 0 Å². The first-order valence-corrected chi connectivity index (χ1v) is 9.09. The van der Waals surface area contributed by atoms with E-state index in [4.69, 9.17) is 0 Å². The van der Waals surface area contributed by atoms with Gasteiger partial charge in [0, 0.05) is 0 Å². The van der Waals surface area contributed by atoms with Crippen molar-refractivity contribution in [3.05, 3.63) is 0 Å². The van der Waals surface area contributed by atoms with Crippen molar-refractivity contribution in [1.82, 2.24) is 4.57 Å². The molecule has 0 aromatic carbocycles. The van der Waals surface area contributed by atoms with Crippen LogP contribution in [-0.2, 0) is 0 Å². The van der Waals surface area contributed by atoms with E-state index in [9.17, 15) is 5.11 Å². The molecule has 0 fully saturated rings. The highest BCUT2D eigenvalue weighted by Crippen LogP contribution is 2.11. The topological polar surface area (TPSA) is 23.5 Å². The minimum absolute atomic E-state index is 0.389. The fourth-order valence-electron chi connectivity index (χ4n) is 1.52. The fraction of sp³-hybridized carbons (Fsp3) is 1.00. The maximum Gasteiger partial charge on any atom is 0.148 e. The minimum atomic E-state index is -1.49. The maximum absolute atomic E-state index is 9.38. The maximum atomic E-state index is 9.38.